The number of aryl methyl sites for hydroxylation is 1. The Balaban J connectivity index is 1.39. The summed E-state index contributed by atoms with van der Waals surface area (Å²) in [6.45, 7) is 6.95. The number of hydrogen-bond acceptors (Lipinski definition) is 4. The average molecular weight is 408 g/mol. The Bertz CT molecular complexity index is 752. The van der Waals surface area contributed by atoms with E-state index in [4.69, 9.17) is 0 Å². The molecule has 2 saturated heterocycles. The Labute approximate surface area is 169 Å². The molecule has 156 valence electrons. The first-order valence-corrected chi connectivity index (χ1v) is 12.1. The van der Waals surface area contributed by atoms with Gasteiger partial charge in [0.05, 0.1) is 5.75 Å². The van der Waals surface area contributed by atoms with Crippen LogP contribution in [-0.4, -0.2) is 62.8 Å². The molecule has 0 aliphatic carbocycles. The molecule has 28 heavy (non-hydrogen) atoms. The zero-order chi connectivity index (χ0) is 20.0. The molecule has 0 atom stereocenters. The number of benzene rings is 1. The largest absolute Gasteiger partial charge is 0.356 e. The van der Waals surface area contributed by atoms with Gasteiger partial charge in [-0.2, -0.15) is 0 Å². The normalized spacial score (nSPS) is 19.8. The van der Waals surface area contributed by atoms with Crippen molar-refractivity contribution in [2.24, 2.45) is 5.92 Å². The summed E-state index contributed by atoms with van der Waals surface area (Å²) in [7, 11) is -3.34. The van der Waals surface area contributed by atoms with Crippen LogP contribution in [0.25, 0.3) is 0 Å². The van der Waals surface area contributed by atoms with Gasteiger partial charge in [-0.1, -0.05) is 29.8 Å². The highest BCUT2D eigenvalue weighted by molar-refractivity contribution is 7.88. The van der Waals surface area contributed by atoms with Crippen LogP contribution < -0.4 is 5.32 Å². The van der Waals surface area contributed by atoms with Gasteiger partial charge in [-0.3, -0.25) is 4.79 Å². The molecule has 2 aliphatic heterocycles. The van der Waals surface area contributed by atoms with Crippen LogP contribution in [0.3, 0.4) is 0 Å². The highest BCUT2D eigenvalue weighted by atomic mass is 32.2. The van der Waals surface area contributed by atoms with Crippen molar-refractivity contribution in [3.8, 4) is 0 Å². The van der Waals surface area contributed by atoms with E-state index in [0.29, 0.717) is 32.5 Å². The molecule has 0 bridgehead atoms. The predicted octanol–water partition coefficient (Wildman–Crippen LogP) is 2.14. The van der Waals surface area contributed by atoms with Gasteiger partial charge in [0.25, 0.3) is 0 Å². The number of piperidine rings is 1. The third kappa shape index (κ3) is 6.03. The van der Waals surface area contributed by atoms with Crippen molar-refractivity contribution in [3.63, 3.8) is 0 Å². The number of likely N-dealkylation sites (tertiary alicyclic amines) is 1. The number of amides is 1. The molecule has 2 heterocycles. The van der Waals surface area contributed by atoms with Crippen molar-refractivity contribution in [1.29, 1.82) is 0 Å². The minimum Gasteiger partial charge on any atom is -0.356 e. The quantitative estimate of drug-likeness (QED) is 0.671. The number of rotatable bonds is 8. The smallest absolute Gasteiger partial charge is 0.223 e. The SMILES string of the molecule is Cc1cccc(CS(=O)(=O)N2CCC(C(=O)NCCCN3CCCC3)CC2)c1. The van der Waals surface area contributed by atoms with Crippen molar-refractivity contribution in [2.75, 3.05) is 39.3 Å². The van der Waals surface area contributed by atoms with Crippen molar-refractivity contribution >= 4 is 15.9 Å². The summed E-state index contributed by atoms with van der Waals surface area (Å²) >= 11 is 0. The molecule has 0 aromatic heterocycles. The van der Waals surface area contributed by atoms with Crippen molar-refractivity contribution in [2.45, 2.75) is 44.8 Å². The molecule has 6 nitrogen and oxygen atoms in total. The fraction of sp³-hybridized carbons (Fsp3) is 0.667. The molecule has 2 fully saturated rings. The molecular weight excluding hydrogens is 374 g/mol. The third-order valence-electron chi connectivity index (χ3n) is 5.80. The van der Waals surface area contributed by atoms with E-state index in [9.17, 15) is 13.2 Å². The Kier molecular flexibility index (Phi) is 7.48. The van der Waals surface area contributed by atoms with Gasteiger partial charge in [0.2, 0.25) is 15.9 Å². The maximum absolute atomic E-state index is 12.7. The van der Waals surface area contributed by atoms with Crippen LogP contribution in [0.2, 0.25) is 0 Å². The number of carbonyl (C=O) groups excluding carboxylic acids is 1. The summed E-state index contributed by atoms with van der Waals surface area (Å²) in [4.78, 5) is 14.8. The molecule has 0 spiro atoms. The highest BCUT2D eigenvalue weighted by Crippen LogP contribution is 2.22. The van der Waals surface area contributed by atoms with Crippen LogP contribution in [-0.2, 0) is 20.6 Å². The lowest BCUT2D eigenvalue weighted by molar-refractivity contribution is -0.126. The first kappa shape index (κ1) is 21.3. The fourth-order valence-corrected chi connectivity index (χ4v) is 5.72. The van der Waals surface area contributed by atoms with Crippen LogP contribution >= 0.6 is 0 Å². The standard InChI is InChI=1S/C21H33N3O3S/c1-18-6-4-7-19(16-18)17-28(26,27)24-14-8-20(9-15-24)21(25)22-10-5-13-23-11-2-3-12-23/h4,6-7,16,20H,2-3,5,8-15,17H2,1H3,(H,22,25). The molecule has 7 heteroatoms. The van der Waals surface area contributed by atoms with Gasteiger partial charge >= 0.3 is 0 Å². The van der Waals surface area contributed by atoms with E-state index in [0.717, 1.165) is 24.1 Å². The maximum Gasteiger partial charge on any atom is 0.223 e. The first-order valence-electron chi connectivity index (χ1n) is 10.5. The monoisotopic (exact) mass is 407 g/mol. The van der Waals surface area contributed by atoms with E-state index < -0.39 is 10.0 Å². The summed E-state index contributed by atoms with van der Waals surface area (Å²) < 4.78 is 26.9. The topological polar surface area (TPSA) is 69.7 Å². The van der Waals surface area contributed by atoms with E-state index >= 15 is 0 Å². The summed E-state index contributed by atoms with van der Waals surface area (Å²) in [5.41, 5.74) is 1.88. The van der Waals surface area contributed by atoms with E-state index in [-0.39, 0.29) is 17.6 Å². The van der Waals surface area contributed by atoms with Gasteiger partial charge in [0.1, 0.15) is 0 Å². The second kappa shape index (κ2) is 9.85. The van der Waals surface area contributed by atoms with Crippen LogP contribution in [0.4, 0.5) is 0 Å². The lowest BCUT2D eigenvalue weighted by Crippen LogP contribution is -2.43. The van der Waals surface area contributed by atoms with Gasteiger partial charge in [-0.25, -0.2) is 12.7 Å². The first-order chi connectivity index (χ1) is 13.4. The highest BCUT2D eigenvalue weighted by Gasteiger charge is 2.31. The Morgan fingerprint density at radius 1 is 1.14 bits per heavy atom. The number of carbonyl (C=O) groups is 1. The van der Waals surface area contributed by atoms with Gasteiger partial charge < -0.3 is 10.2 Å². The second-order valence-corrected chi connectivity index (χ2v) is 10.1. The fourth-order valence-electron chi connectivity index (χ4n) is 4.16. The number of sulfonamides is 1. The van der Waals surface area contributed by atoms with Gasteiger partial charge in [-0.05, 0) is 64.2 Å². The molecule has 0 unspecified atom stereocenters. The van der Waals surface area contributed by atoms with E-state index in [1.807, 2.05) is 31.2 Å². The summed E-state index contributed by atoms with van der Waals surface area (Å²) in [6.07, 6.45) is 4.76. The molecule has 1 N–H and O–H groups in total. The average Bonchev–Trinajstić information content (AvgIpc) is 3.18. The molecular formula is C21H33N3O3S. The summed E-state index contributed by atoms with van der Waals surface area (Å²) in [5.74, 6) is 0.0385. The second-order valence-electron chi connectivity index (χ2n) is 8.11. The zero-order valence-corrected chi connectivity index (χ0v) is 17.7. The van der Waals surface area contributed by atoms with Crippen molar-refractivity contribution in [1.82, 2.24) is 14.5 Å². The zero-order valence-electron chi connectivity index (χ0n) is 16.9. The number of nitrogens with one attached hydrogen (secondary N) is 1. The summed E-state index contributed by atoms with van der Waals surface area (Å²) in [6, 6.07) is 7.62. The number of hydrogen-bond donors (Lipinski definition) is 1. The van der Waals surface area contributed by atoms with Gasteiger partial charge in [-0.15, -0.1) is 0 Å². The third-order valence-corrected chi connectivity index (χ3v) is 7.65. The minimum atomic E-state index is -3.34. The van der Waals surface area contributed by atoms with Crippen molar-refractivity contribution in [3.05, 3.63) is 35.4 Å². The molecule has 2 aliphatic rings. The predicted molar refractivity (Wildman–Crippen MR) is 111 cm³/mol. The van der Waals surface area contributed by atoms with Gasteiger partial charge in [0.15, 0.2) is 0 Å². The molecule has 3 rings (SSSR count). The lowest BCUT2D eigenvalue weighted by atomic mass is 9.97. The van der Waals surface area contributed by atoms with Crippen LogP contribution in [0, 0.1) is 12.8 Å². The van der Waals surface area contributed by atoms with Crippen molar-refractivity contribution < 1.29 is 13.2 Å². The van der Waals surface area contributed by atoms with Crippen LogP contribution in [0.5, 0.6) is 0 Å². The summed E-state index contributed by atoms with van der Waals surface area (Å²) in [5, 5.41) is 3.04. The Morgan fingerprint density at radius 2 is 1.86 bits per heavy atom. The molecule has 1 aromatic carbocycles. The van der Waals surface area contributed by atoms with Crippen LogP contribution in [0.15, 0.2) is 24.3 Å². The maximum atomic E-state index is 12.7. The molecule has 0 radical (unpaired) electrons. The lowest BCUT2D eigenvalue weighted by Gasteiger charge is -2.30. The van der Waals surface area contributed by atoms with Gasteiger partial charge in [0, 0.05) is 25.6 Å². The van der Waals surface area contributed by atoms with E-state index in [1.54, 1.807) is 4.31 Å². The van der Waals surface area contributed by atoms with E-state index in [1.165, 1.54) is 25.9 Å². The molecule has 0 saturated carbocycles. The number of nitrogens with zero attached hydrogens (tertiary/aromatic N) is 2. The minimum absolute atomic E-state index is 0.0298. The molecule has 1 aromatic rings. The van der Waals surface area contributed by atoms with E-state index in [2.05, 4.69) is 10.2 Å². The van der Waals surface area contributed by atoms with Crippen LogP contribution in [0.1, 0.15) is 43.2 Å². The molecule has 1 amide bonds. The Morgan fingerprint density at radius 3 is 2.54 bits per heavy atom. The Hall–Kier alpha value is -1.44.